The molecule has 2 rings (SSSR count). The second kappa shape index (κ2) is 4.65. The molecule has 6 heteroatoms. The van der Waals surface area contributed by atoms with Gasteiger partial charge >= 0.3 is 0 Å². The number of nitrogen functional groups attached to an aromatic ring is 1. The summed E-state index contributed by atoms with van der Waals surface area (Å²) in [5, 5.41) is 5.22. The van der Waals surface area contributed by atoms with E-state index in [2.05, 4.69) is 21.0 Å². The number of hydrogen-bond acceptors (Lipinski definition) is 2. The van der Waals surface area contributed by atoms with Crippen LogP contribution >= 0.6 is 39.1 Å². The highest BCUT2D eigenvalue weighted by Crippen LogP contribution is 2.23. The Balaban J connectivity index is 2.23. The van der Waals surface area contributed by atoms with E-state index in [1.807, 2.05) is 18.3 Å². The molecule has 0 bridgehead atoms. The van der Waals surface area contributed by atoms with E-state index in [1.165, 1.54) is 0 Å². The third-order valence-electron chi connectivity index (χ3n) is 2.07. The minimum Gasteiger partial charge on any atom is -0.381 e. The molecule has 2 N–H and O–H groups in total. The van der Waals surface area contributed by atoms with Gasteiger partial charge in [-0.15, -0.1) is 0 Å². The molecule has 0 aliphatic rings. The minimum atomic E-state index is 0.472. The summed E-state index contributed by atoms with van der Waals surface area (Å²) in [6.45, 7) is 0.604. The van der Waals surface area contributed by atoms with Crippen molar-refractivity contribution in [3.8, 4) is 0 Å². The normalized spacial score (nSPS) is 10.7. The molecular weight excluding hydrogens is 313 g/mol. The molecule has 16 heavy (non-hydrogen) atoms. The molecule has 2 aromatic rings. The first-order valence-electron chi connectivity index (χ1n) is 4.48. The molecule has 0 aliphatic carbocycles. The summed E-state index contributed by atoms with van der Waals surface area (Å²) >= 11 is 15.1. The molecule has 0 radical (unpaired) electrons. The third-order valence-corrected chi connectivity index (χ3v) is 3.42. The van der Waals surface area contributed by atoms with E-state index in [-0.39, 0.29) is 0 Å². The summed E-state index contributed by atoms with van der Waals surface area (Å²) in [6, 6.07) is 5.48. The average molecular weight is 321 g/mol. The molecule has 0 unspecified atom stereocenters. The molecule has 1 heterocycles. The molecule has 3 nitrogen and oxygen atoms in total. The van der Waals surface area contributed by atoms with E-state index in [9.17, 15) is 0 Å². The van der Waals surface area contributed by atoms with Crippen LogP contribution in [0.4, 0.5) is 5.82 Å². The largest absolute Gasteiger partial charge is 0.381 e. The first-order chi connectivity index (χ1) is 7.56. The maximum absolute atomic E-state index is 5.92. The number of halogens is 3. The maximum Gasteiger partial charge on any atom is 0.159 e. The van der Waals surface area contributed by atoms with Crippen molar-refractivity contribution in [1.82, 2.24) is 9.78 Å². The zero-order valence-corrected chi connectivity index (χ0v) is 11.2. The number of rotatable bonds is 2. The van der Waals surface area contributed by atoms with Crippen molar-refractivity contribution in [2.45, 2.75) is 6.54 Å². The standard InChI is InChI=1S/C10H8BrCl2N3/c11-7-5-16(15-10(7)14)4-6-1-2-8(12)9(13)3-6/h1-3,5H,4H2,(H2,14,15). The number of nitrogens with two attached hydrogens (primary N) is 1. The van der Waals surface area contributed by atoms with Crippen molar-refractivity contribution in [2.75, 3.05) is 5.73 Å². The molecule has 0 spiro atoms. The fourth-order valence-corrected chi connectivity index (χ4v) is 1.95. The van der Waals surface area contributed by atoms with Gasteiger partial charge in [0.05, 0.1) is 21.1 Å². The second-order valence-corrected chi connectivity index (χ2v) is 4.98. The van der Waals surface area contributed by atoms with Gasteiger partial charge < -0.3 is 5.73 Å². The number of nitrogens with zero attached hydrogens (tertiary/aromatic N) is 2. The smallest absolute Gasteiger partial charge is 0.159 e. The summed E-state index contributed by atoms with van der Waals surface area (Å²) in [5.74, 6) is 0.472. The zero-order valence-electron chi connectivity index (χ0n) is 8.12. The van der Waals surface area contributed by atoms with Crippen LogP contribution in [0, 0.1) is 0 Å². The van der Waals surface area contributed by atoms with Crippen LogP contribution in [0.1, 0.15) is 5.56 Å². The Bertz CT molecular complexity index is 505. The van der Waals surface area contributed by atoms with E-state index >= 15 is 0 Å². The van der Waals surface area contributed by atoms with Gasteiger partial charge in [0.25, 0.3) is 0 Å². The van der Waals surface area contributed by atoms with Gasteiger partial charge in [-0.1, -0.05) is 29.3 Å². The Labute approximate surface area is 111 Å². The first kappa shape index (κ1) is 11.8. The average Bonchev–Trinajstić information content (AvgIpc) is 2.52. The van der Waals surface area contributed by atoms with Crippen LogP contribution in [0.15, 0.2) is 28.9 Å². The topological polar surface area (TPSA) is 43.8 Å². The minimum absolute atomic E-state index is 0.472. The van der Waals surface area contributed by atoms with Gasteiger partial charge in [0.2, 0.25) is 0 Å². The molecule has 1 aromatic heterocycles. The number of anilines is 1. The Morgan fingerprint density at radius 3 is 2.62 bits per heavy atom. The molecular formula is C10H8BrCl2N3. The second-order valence-electron chi connectivity index (χ2n) is 3.31. The molecule has 0 saturated carbocycles. The van der Waals surface area contributed by atoms with E-state index in [1.54, 1.807) is 10.7 Å². The van der Waals surface area contributed by atoms with Crippen molar-refractivity contribution >= 4 is 44.9 Å². The quantitative estimate of drug-likeness (QED) is 0.919. The van der Waals surface area contributed by atoms with Crippen LogP contribution in [-0.4, -0.2) is 9.78 Å². The lowest BCUT2D eigenvalue weighted by Crippen LogP contribution is -2.01. The van der Waals surface area contributed by atoms with Gasteiger partial charge in [-0.2, -0.15) is 5.10 Å². The summed E-state index contributed by atoms with van der Waals surface area (Å²) < 4.78 is 2.52. The van der Waals surface area contributed by atoms with Crippen LogP contribution in [0.5, 0.6) is 0 Å². The summed E-state index contributed by atoms with van der Waals surface area (Å²) in [4.78, 5) is 0. The summed E-state index contributed by atoms with van der Waals surface area (Å²) in [6.07, 6.45) is 1.82. The number of hydrogen-bond donors (Lipinski definition) is 1. The maximum atomic E-state index is 5.92. The Morgan fingerprint density at radius 2 is 2.06 bits per heavy atom. The molecule has 0 atom stereocenters. The SMILES string of the molecule is Nc1nn(Cc2ccc(Cl)c(Cl)c2)cc1Br. The van der Waals surface area contributed by atoms with Crippen molar-refractivity contribution < 1.29 is 0 Å². The van der Waals surface area contributed by atoms with Crippen molar-refractivity contribution in [2.24, 2.45) is 0 Å². The molecule has 0 saturated heterocycles. The van der Waals surface area contributed by atoms with Crippen LogP contribution in [0.25, 0.3) is 0 Å². The lowest BCUT2D eigenvalue weighted by Gasteiger charge is -2.03. The van der Waals surface area contributed by atoms with E-state index < -0.39 is 0 Å². The van der Waals surface area contributed by atoms with Crippen LogP contribution in [0.2, 0.25) is 10.0 Å². The molecule has 0 amide bonds. The van der Waals surface area contributed by atoms with Crippen LogP contribution in [-0.2, 0) is 6.54 Å². The van der Waals surface area contributed by atoms with E-state index in [0.717, 1.165) is 10.0 Å². The van der Waals surface area contributed by atoms with Gasteiger partial charge in [-0.05, 0) is 33.6 Å². The number of benzene rings is 1. The Hall–Kier alpha value is -0.710. The van der Waals surface area contributed by atoms with Gasteiger partial charge in [-0.3, -0.25) is 4.68 Å². The van der Waals surface area contributed by atoms with Gasteiger partial charge in [0, 0.05) is 6.20 Å². The third kappa shape index (κ3) is 2.51. The molecule has 0 aliphatic heterocycles. The lowest BCUT2D eigenvalue weighted by molar-refractivity contribution is 0.690. The van der Waals surface area contributed by atoms with Crippen molar-refractivity contribution in [1.29, 1.82) is 0 Å². The number of aromatic nitrogens is 2. The van der Waals surface area contributed by atoms with E-state index in [4.69, 9.17) is 28.9 Å². The molecule has 0 fully saturated rings. The highest BCUT2D eigenvalue weighted by atomic mass is 79.9. The molecule has 84 valence electrons. The van der Waals surface area contributed by atoms with Crippen LogP contribution < -0.4 is 5.73 Å². The predicted molar refractivity (Wildman–Crippen MR) is 69.9 cm³/mol. The fraction of sp³-hybridized carbons (Fsp3) is 0.100. The van der Waals surface area contributed by atoms with Crippen LogP contribution in [0.3, 0.4) is 0 Å². The zero-order chi connectivity index (χ0) is 11.7. The monoisotopic (exact) mass is 319 g/mol. The molecule has 1 aromatic carbocycles. The van der Waals surface area contributed by atoms with Crippen molar-refractivity contribution in [3.63, 3.8) is 0 Å². The highest BCUT2D eigenvalue weighted by molar-refractivity contribution is 9.10. The van der Waals surface area contributed by atoms with E-state index in [0.29, 0.717) is 22.4 Å². The van der Waals surface area contributed by atoms with Crippen molar-refractivity contribution in [3.05, 3.63) is 44.5 Å². The van der Waals surface area contributed by atoms with Gasteiger partial charge in [0.1, 0.15) is 0 Å². The highest BCUT2D eigenvalue weighted by Gasteiger charge is 2.04. The van der Waals surface area contributed by atoms with Gasteiger partial charge in [0.15, 0.2) is 5.82 Å². The Morgan fingerprint density at radius 1 is 1.31 bits per heavy atom. The lowest BCUT2D eigenvalue weighted by atomic mass is 10.2. The summed E-state index contributed by atoms with van der Waals surface area (Å²) in [7, 11) is 0. The Kier molecular flexibility index (Phi) is 3.42. The first-order valence-corrected chi connectivity index (χ1v) is 6.03. The van der Waals surface area contributed by atoms with Gasteiger partial charge in [-0.25, -0.2) is 0 Å². The summed E-state index contributed by atoms with van der Waals surface area (Å²) in [5.41, 5.74) is 6.64. The predicted octanol–water partition coefficient (Wildman–Crippen LogP) is 3.58. The fourth-order valence-electron chi connectivity index (χ4n) is 1.32.